The maximum Gasteiger partial charge on any atom is 0.342 e. The highest BCUT2D eigenvalue weighted by Gasteiger charge is 1.99. The normalized spacial score (nSPS) is 8.14. The van der Waals surface area contributed by atoms with Crippen LogP contribution in [0.25, 0.3) is 0 Å². The Morgan fingerprint density at radius 1 is 1.86 bits per heavy atom. The topological polar surface area (TPSA) is 37.3 Å². The molecule has 0 atom stereocenters. The van der Waals surface area contributed by atoms with Crippen LogP contribution in [0.4, 0.5) is 0 Å². The van der Waals surface area contributed by atoms with Crippen molar-refractivity contribution in [3.63, 3.8) is 0 Å². The van der Waals surface area contributed by atoms with E-state index in [0.717, 1.165) is 0 Å². The summed E-state index contributed by atoms with van der Waals surface area (Å²) in [7, 11) is 0. The zero-order chi connectivity index (χ0) is 5.86. The maximum absolute atomic E-state index is 9.79. The molecule has 0 aliphatic carbocycles. The molecule has 0 saturated carbocycles. The minimum Gasteiger partial charge on any atom is -0.477 e. The Morgan fingerprint density at radius 3 is 2.29 bits per heavy atom. The molecule has 0 aromatic heterocycles. The Hall–Kier alpha value is -0.440. The Bertz CT molecular complexity index is 97.9. The van der Waals surface area contributed by atoms with Gasteiger partial charge in [-0.3, -0.25) is 0 Å². The van der Waals surface area contributed by atoms with Crippen molar-refractivity contribution in [3.05, 3.63) is 0 Å². The minimum absolute atomic E-state index is 0.0972. The van der Waals surface area contributed by atoms with Crippen molar-refractivity contribution in [2.24, 2.45) is 0 Å². The van der Waals surface area contributed by atoms with Crippen LogP contribution in [0.3, 0.4) is 0 Å². The van der Waals surface area contributed by atoms with Crippen LogP contribution in [0, 0.1) is 0 Å². The van der Waals surface area contributed by atoms with Crippen molar-refractivity contribution < 1.29 is 9.90 Å². The van der Waals surface area contributed by atoms with Crippen molar-refractivity contribution in [1.29, 1.82) is 0 Å². The summed E-state index contributed by atoms with van der Waals surface area (Å²) >= 11 is 4.38. The van der Waals surface area contributed by atoms with E-state index in [1.54, 1.807) is 6.92 Å². The average molecular weight is 118 g/mol. The third kappa shape index (κ3) is 2.28. The monoisotopic (exact) mass is 118 g/mol. The van der Waals surface area contributed by atoms with Gasteiger partial charge in [-0.15, -0.1) is 0 Å². The van der Waals surface area contributed by atoms with E-state index in [4.69, 9.17) is 5.11 Å². The van der Waals surface area contributed by atoms with Gasteiger partial charge in [0, 0.05) is 0 Å². The highest BCUT2D eigenvalue weighted by Crippen LogP contribution is 1.82. The van der Waals surface area contributed by atoms with Crippen LogP contribution in [0.15, 0.2) is 0 Å². The fraction of sp³-hybridized carbons (Fsp3) is 0.500. The Morgan fingerprint density at radius 2 is 2.29 bits per heavy atom. The minimum atomic E-state index is -0.975. The Kier molecular flexibility index (Phi) is 2.52. The van der Waals surface area contributed by atoms with E-state index < -0.39 is 5.97 Å². The van der Waals surface area contributed by atoms with Gasteiger partial charge in [0.05, 0.1) is 4.86 Å². The van der Waals surface area contributed by atoms with E-state index in [1.165, 1.54) is 0 Å². The highest BCUT2D eigenvalue weighted by atomic mass is 32.1. The van der Waals surface area contributed by atoms with Crippen LogP contribution in [0.5, 0.6) is 0 Å². The summed E-state index contributed by atoms with van der Waals surface area (Å²) in [6.07, 6.45) is 0.449. The zero-order valence-electron chi connectivity index (χ0n) is 3.97. The molecule has 0 amide bonds. The molecule has 0 aromatic rings. The number of hydrogen-bond acceptors (Lipinski definition) is 2. The van der Waals surface area contributed by atoms with Crippen molar-refractivity contribution in [3.8, 4) is 0 Å². The van der Waals surface area contributed by atoms with Crippen LogP contribution >= 0.6 is 12.2 Å². The van der Waals surface area contributed by atoms with Gasteiger partial charge in [0.25, 0.3) is 0 Å². The summed E-state index contributed by atoms with van der Waals surface area (Å²) in [5.41, 5.74) is 0. The molecule has 0 unspecified atom stereocenters. The number of rotatable bonds is 2. The molecule has 0 saturated heterocycles. The van der Waals surface area contributed by atoms with Crippen LogP contribution in [-0.2, 0) is 4.79 Å². The molecule has 0 aliphatic rings. The number of carboxylic acid groups (broad SMARTS) is 1. The molecule has 0 fully saturated rings. The van der Waals surface area contributed by atoms with Crippen molar-refractivity contribution in [1.82, 2.24) is 0 Å². The largest absolute Gasteiger partial charge is 0.477 e. The van der Waals surface area contributed by atoms with Gasteiger partial charge in [-0.1, -0.05) is 19.1 Å². The molecule has 0 radical (unpaired) electrons. The SMILES string of the molecule is CCC(=S)C(=O)O. The first kappa shape index (κ1) is 6.56. The second-order valence-corrected chi connectivity index (χ2v) is 1.57. The lowest BCUT2D eigenvalue weighted by Gasteiger charge is -1.84. The third-order valence-electron chi connectivity index (χ3n) is 0.560. The molecule has 7 heavy (non-hydrogen) atoms. The van der Waals surface area contributed by atoms with Crippen molar-refractivity contribution >= 4 is 23.1 Å². The number of thiocarbonyl (C=S) groups is 1. The lowest BCUT2D eigenvalue weighted by Crippen LogP contribution is -2.07. The van der Waals surface area contributed by atoms with Crippen LogP contribution < -0.4 is 0 Å². The molecule has 40 valence electrons. The third-order valence-corrected chi connectivity index (χ3v) is 1.02. The van der Waals surface area contributed by atoms with Gasteiger partial charge < -0.3 is 5.11 Å². The molecule has 0 aromatic carbocycles. The van der Waals surface area contributed by atoms with Crippen LogP contribution in [0.1, 0.15) is 13.3 Å². The van der Waals surface area contributed by atoms with Crippen molar-refractivity contribution in [2.75, 3.05) is 0 Å². The molecular formula is C4H6O2S. The van der Waals surface area contributed by atoms with E-state index >= 15 is 0 Å². The van der Waals surface area contributed by atoms with E-state index in [-0.39, 0.29) is 4.86 Å². The van der Waals surface area contributed by atoms with Gasteiger partial charge in [0.15, 0.2) is 0 Å². The molecule has 3 heteroatoms. The van der Waals surface area contributed by atoms with Crippen LogP contribution in [-0.4, -0.2) is 15.9 Å². The second-order valence-electron chi connectivity index (χ2n) is 1.08. The number of carbonyl (C=O) groups is 1. The maximum atomic E-state index is 9.79. The van der Waals surface area contributed by atoms with Crippen LogP contribution in [0.2, 0.25) is 0 Å². The fourth-order valence-corrected chi connectivity index (χ4v) is 0.151. The molecule has 0 bridgehead atoms. The Balaban J connectivity index is 3.58. The van der Waals surface area contributed by atoms with E-state index in [9.17, 15) is 4.79 Å². The molecular weight excluding hydrogens is 112 g/mol. The molecule has 0 heterocycles. The molecule has 1 N–H and O–H groups in total. The van der Waals surface area contributed by atoms with Gasteiger partial charge in [-0.05, 0) is 6.42 Å². The first-order chi connectivity index (χ1) is 3.18. The highest BCUT2D eigenvalue weighted by molar-refractivity contribution is 7.82. The first-order valence-corrected chi connectivity index (χ1v) is 2.35. The number of aliphatic carboxylic acids is 1. The lowest BCUT2D eigenvalue weighted by atomic mass is 10.3. The molecule has 0 rings (SSSR count). The number of carboxylic acids is 1. The quantitative estimate of drug-likeness (QED) is 0.546. The van der Waals surface area contributed by atoms with Gasteiger partial charge in [-0.25, -0.2) is 4.79 Å². The van der Waals surface area contributed by atoms with E-state index in [0.29, 0.717) is 6.42 Å². The second kappa shape index (κ2) is 2.69. The smallest absolute Gasteiger partial charge is 0.342 e. The van der Waals surface area contributed by atoms with Gasteiger partial charge in [-0.2, -0.15) is 0 Å². The fourth-order valence-electron chi connectivity index (χ4n) is 0.151. The average Bonchev–Trinajstić information content (AvgIpc) is 1.65. The summed E-state index contributed by atoms with van der Waals surface area (Å²) < 4.78 is 0. The predicted octanol–water partition coefficient (Wildman–Crippen LogP) is 0.851. The predicted molar refractivity (Wildman–Crippen MR) is 30.5 cm³/mol. The summed E-state index contributed by atoms with van der Waals surface area (Å²) in [5, 5.41) is 8.04. The van der Waals surface area contributed by atoms with Gasteiger partial charge in [0.1, 0.15) is 0 Å². The Labute approximate surface area is 47.1 Å². The summed E-state index contributed by atoms with van der Waals surface area (Å²) in [6, 6.07) is 0. The van der Waals surface area contributed by atoms with E-state index in [2.05, 4.69) is 12.2 Å². The van der Waals surface area contributed by atoms with Crippen molar-refractivity contribution in [2.45, 2.75) is 13.3 Å². The molecule has 0 spiro atoms. The first-order valence-electron chi connectivity index (χ1n) is 1.94. The summed E-state index contributed by atoms with van der Waals surface area (Å²) in [6.45, 7) is 1.72. The standard InChI is InChI=1S/C4H6O2S/c1-2-3(7)4(5)6/h2H2,1H3,(H,5,6). The lowest BCUT2D eigenvalue weighted by molar-refractivity contribution is -0.129. The van der Waals surface area contributed by atoms with E-state index in [1.807, 2.05) is 0 Å². The molecule has 0 aliphatic heterocycles. The summed E-state index contributed by atoms with van der Waals surface area (Å²) in [4.78, 5) is 9.89. The van der Waals surface area contributed by atoms with Gasteiger partial charge in [0.2, 0.25) is 0 Å². The number of hydrogen-bond donors (Lipinski definition) is 1. The summed E-state index contributed by atoms with van der Waals surface area (Å²) in [5.74, 6) is -0.975. The molecule has 2 nitrogen and oxygen atoms in total. The van der Waals surface area contributed by atoms with Gasteiger partial charge >= 0.3 is 5.97 Å². The zero-order valence-corrected chi connectivity index (χ0v) is 4.79.